The van der Waals surface area contributed by atoms with Crippen LogP contribution in [0.1, 0.15) is 52.9 Å². The van der Waals surface area contributed by atoms with Crippen LogP contribution in [0.3, 0.4) is 0 Å². The smallest absolute Gasteiger partial charge is 0.323 e. The number of amides is 2. The van der Waals surface area contributed by atoms with Gasteiger partial charge in [-0.05, 0) is 87.3 Å². The number of rotatable bonds is 6. The summed E-state index contributed by atoms with van der Waals surface area (Å²) in [6.07, 6.45) is 3.79. The predicted molar refractivity (Wildman–Crippen MR) is 149 cm³/mol. The van der Waals surface area contributed by atoms with Gasteiger partial charge in [0.2, 0.25) is 0 Å². The number of nitrogens with two attached hydrogens (primary N) is 1. The average molecular weight is 523 g/mol. The van der Waals surface area contributed by atoms with E-state index in [9.17, 15) is 14.9 Å². The van der Waals surface area contributed by atoms with Gasteiger partial charge in [-0.1, -0.05) is 19.1 Å². The van der Waals surface area contributed by atoms with E-state index in [2.05, 4.69) is 28.2 Å². The summed E-state index contributed by atoms with van der Waals surface area (Å²) < 4.78 is 7.35. The minimum Gasteiger partial charge on any atom is -0.456 e. The molecule has 0 radical (unpaired) electrons. The first-order chi connectivity index (χ1) is 18.9. The van der Waals surface area contributed by atoms with Crippen LogP contribution in [0.4, 0.5) is 10.6 Å². The molecule has 9 nitrogen and oxygen atoms in total. The number of nitriles is 1. The summed E-state index contributed by atoms with van der Waals surface area (Å²) in [6.45, 7) is 7.26. The molecule has 3 heterocycles. The van der Waals surface area contributed by atoms with Crippen LogP contribution in [0.25, 0.3) is 10.9 Å². The number of carbonyl (C=O) groups is 2. The molecule has 0 spiro atoms. The molecule has 0 atom stereocenters. The van der Waals surface area contributed by atoms with Crippen LogP contribution in [-0.4, -0.2) is 46.0 Å². The number of aromatic nitrogens is 2. The molecule has 1 fully saturated rings. The highest BCUT2D eigenvalue weighted by molar-refractivity contribution is 6.03. The first-order valence-corrected chi connectivity index (χ1v) is 13.0. The number of carbonyl (C=O) groups excluding carboxylic acids is 2. The predicted octanol–water partition coefficient (Wildman–Crippen LogP) is 5.39. The maximum Gasteiger partial charge on any atom is 0.323 e. The maximum atomic E-state index is 12.9. The molecule has 2 aromatic heterocycles. The molecule has 0 unspecified atom stereocenters. The second-order valence-corrected chi connectivity index (χ2v) is 9.74. The summed E-state index contributed by atoms with van der Waals surface area (Å²) in [6, 6.07) is 17.6. The third kappa shape index (κ3) is 5.47. The second kappa shape index (κ2) is 11.0. The van der Waals surface area contributed by atoms with Gasteiger partial charge in [-0.2, -0.15) is 5.26 Å². The molecule has 0 bridgehead atoms. The number of pyridine rings is 1. The number of benzene rings is 2. The summed E-state index contributed by atoms with van der Waals surface area (Å²) in [5.41, 5.74) is 8.73. The molecule has 4 aromatic rings. The van der Waals surface area contributed by atoms with Crippen LogP contribution in [0.2, 0.25) is 0 Å². The second-order valence-electron chi connectivity index (χ2n) is 9.74. The van der Waals surface area contributed by atoms with Crippen LogP contribution in [0.15, 0.2) is 60.8 Å². The molecule has 198 valence electrons. The summed E-state index contributed by atoms with van der Waals surface area (Å²) in [4.78, 5) is 31.5. The number of nitrogens with one attached hydrogen (secondary N) is 1. The molecule has 39 heavy (non-hydrogen) atoms. The monoisotopic (exact) mass is 522 g/mol. The molecule has 0 aliphatic carbocycles. The number of nitrogens with zero attached hydrogens (tertiary/aromatic N) is 4. The fourth-order valence-corrected chi connectivity index (χ4v) is 5.18. The Labute approximate surface area is 226 Å². The zero-order chi connectivity index (χ0) is 27.5. The van der Waals surface area contributed by atoms with Crippen LogP contribution in [-0.2, 0) is 0 Å². The Bertz CT molecular complexity index is 1580. The Morgan fingerprint density at radius 3 is 2.54 bits per heavy atom. The van der Waals surface area contributed by atoms with E-state index in [0.29, 0.717) is 45.4 Å². The average Bonchev–Trinajstić information content (AvgIpc) is 3.27. The van der Waals surface area contributed by atoms with Crippen molar-refractivity contribution in [1.82, 2.24) is 14.5 Å². The van der Waals surface area contributed by atoms with Gasteiger partial charge in [0, 0.05) is 28.9 Å². The summed E-state index contributed by atoms with van der Waals surface area (Å²) >= 11 is 0. The number of primary amides is 1. The van der Waals surface area contributed by atoms with E-state index in [4.69, 9.17) is 10.5 Å². The lowest BCUT2D eigenvalue weighted by molar-refractivity contribution is 0.102. The minimum atomic E-state index is -0.624. The van der Waals surface area contributed by atoms with E-state index in [1.165, 1.54) is 16.3 Å². The van der Waals surface area contributed by atoms with Gasteiger partial charge in [0.1, 0.15) is 23.4 Å². The van der Waals surface area contributed by atoms with Crippen LogP contribution in [0.5, 0.6) is 11.5 Å². The van der Waals surface area contributed by atoms with Gasteiger partial charge in [-0.25, -0.2) is 9.78 Å². The first-order valence-electron chi connectivity index (χ1n) is 13.0. The molecule has 9 heteroatoms. The summed E-state index contributed by atoms with van der Waals surface area (Å²) in [5.74, 6) is 1.29. The molecular weight excluding hydrogens is 492 g/mol. The van der Waals surface area contributed by atoms with Gasteiger partial charge >= 0.3 is 6.03 Å². The van der Waals surface area contributed by atoms with Gasteiger partial charge in [-0.3, -0.25) is 9.36 Å². The fourth-order valence-electron chi connectivity index (χ4n) is 5.18. The van der Waals surface area contributed by atoms with Crippen molar-refractivity contribution >= 4 is 28.7 Å². The van der Waals surface area contributed by atoms with Crippen molar-refractivity contribution in [2.75, 3.05) is 25.0 Å². The molecule has 1 saturated heterocycles. The van der Waals surface area contributed by atoms with Crippen LogP contribution in [0, 0.1) is 18.3 Å². The Balaban J connectivity index is 1.29. The molecule has 2 amide bonds. The standard InChI is InChI=1S/C30H30N6O3/c1-3-35-12-9-21(10-13-35)20-4-6-22(7-5-20)29(37)34-28-17-25(8-11-33-28)39-27-16-23-14-19(2)36(30(32)38)26(23)15-24(27)18-31/h4-8,11,14-17,21H,3,9-10,12-13H2,1-2H3,(H2,32,38)(H,33,34,37). The number of aryl methyl sites for hydroxylation is 1. The lowest BCUT2D eigenvalue weighted by atomic mass is 9.89. The van der Waals surface area contributed by atoms with Gasteiger partial charge in [-0.15, -0.1) is 0 Å². The third-order valence-electron chi connectivity index (χ3n) is 7.31. The molecule has 5 rings (SSSR count). The molecule has 2 aromatic carbocycles. The van der Waals surface area contributed by atoms with E-state index in [1.807, 2.05) is 24.3 Å². The number of likely N-dealkylation sites (tertiary alicyclic amines) is 1. The Hall–Kier alpha value is -4.68. The van der Waals surface area contributed by atoms with E-state index in [0.717, 1.165) is 32.5 Å². The first kappa shape index (κ1) is 25.9. The van der Waals surface area contributed by atoms with Crippen molar-refractivity contribution in [1.29, 1.82) is 5.26 Å². The largest absolute Gasteiger partial charge is 0.456 e. The highest BCUT2D eigenvalue weighted by Gasteiger charge is 2.20. The van der Waals surface area contributed by atoms with Crippen molar-refractivity contribution in [3.05, 3.63) is 83.2 Å². The van der Waals surface area contributed by atoms with E-state index in [-0.39, 0.29) is 11.5 Å². The molecule has 1 aliphatic heterocycles. The number of ether oxygens (including phenoxy) is 1. The lowest BCUT2D eigenvalue weighted by Crippen LogP contribution is -2.32. The number of hydrogen-bond donors (Lipinski definition) is 2. The number of fused-ring (bicyclic) bond motifs is 1. The Kier molecular flexibility index (Phi) is 7.30. The van der Waals surface area contributed by atoms with Crippen molar-refractivity contribution < 1.29 is 14.3 Å². The van der Waals surface area contributed by atoms with Crippen LogP contribution >= 0.6 is 0 Å². The van der Waals surface area contributed by atoms with E-state index < -0.39 is 6.03 Å². The van der Waals surface area contributed by atoms with Crippen LogP contribution < -0.4 is 15.8 Å². The zero-order valence-corrected chi connectivity index (χ0v) is 22.0. The molecular formula is C30H30N6O3. The van der Waals surface area contributed by atoms with E-state index in [1.54, 1.807) is 37.3 Å². The fraction of sp³-hybridized carbons (Fsp3) is 0.267. The molecule has 3 N–H and O–H groups in total. The minimum absolute atomic E-state index is 0.242. The highest BCUT2D eigenvalue weighted by Crippen LogP contribution is 2.32. The molecule has 0 saturated carbocycles. The van der Waals surface area contributed by atoms with E-state index >= 15 is 0 Å². The van der Waals surface area contributed by atoms with Gasteiger partial charge in [0.15, 0.2) is 0 Å². The van der Waals surface area contributed by atoms with Gasteiger partial charge < -0.3 is 20.7 Å². The zero-order valence-electron chi connectivity index (χ0n) is 22.0. The maximum absolute atomic E-state index is 12.9. The normalized spacial score (nSPS) is 14.2. The highest BCUT2D eigenvalue weighted by atomic mass is 16.5. The number of anilines is 1. The van der Waals surface area contributed by atoms with Crippen molar-refractivity contribution in [3.63, 3.8) is 0 Å². The van der Waals surface area contributed by atoms with Gasteiger partial charge in [0.25, 0.3) is 5.91 Å². The van der Waals surface area contributed by atoms with Crippen molar-refractivity contribution in [2.24, 2.45) is 5.73 Å². The number of hydrogen-bond acceptors (Lipinski definition) is 6. The van der Waals surface area contributed by atoms with Crippen molar-refractivity contribution in [3.8, 4) is 17.6 Å². The third-order valence-corrected chi connectivity index (χ3v) is 7.31. The quantitative estimate of drug-likeness (QED) is 0.350. The topological polar surface area (TPSA) is 126 Å². The molecule has 1 aliphatic rings. The Morgan fingerprint density at radius 2 is 1.87 bits per heavy atom. The SMILES string of the molecule is CCN1CCC(c2ccc(C(=O)Nc3cc(Oc4cc5cc(C)n(C(N)=O)c5cc4C#N)ccn3)cc2)CC1. The van der Waals surface area contributed by atoms with Gasteiger partial charge in [0.05, 0.1) is 11.1 Å². The Morgan fingerprint density at radius 1 is 1.13 bits per heavy atom. The lowest BCUT2D eigenvalue weighted by Gasteiger charge is -2.31. The summed E-state index contributed by atoms with van der Waals surface area (Å²) in [7, 11) is 0. The summed E-state index contributed by atoms with van der Waals surface area (Å²) in [5, 5.41) is 13.2. The van der Waals surface area contributed by atoms with Crippen molar-refractivity contribution in [2.45, 2.75) is 32.6 Å². The number of piperidine rings is 1.